The minimum atomic E-state index is -4.90. The summed E-state index contributed by atoms with van der Waals surface area (Å²) in [6.45, 7) is 0. The maximum atomic E-state index is 12.1. The summed E-state index contributed by atoms with van der Waals surface area (Å²) in [6.07, 6.45) is -10.7. The first-order valence-electron chi connectivity index (χ1n) is 4.75. The molecule has 2 nitrogen and oxygen atoms in total. The van der Waals surface area contributed by atoms with Crippen LogP contribution in [-0.4, -0.2) is 12.5 Å². The molecule has 0 spiro atoms. The van der Waals surface area contributed by atoms with E-state index in [1.54, 1.807) is 0 Å². The van der Waals surface area contributed by atoms with Crippen molar-refractivity contribution in [1.82, 2.24) is 0 Å². The monoisotopic (exact) mass is 309 g/mol. The third-order valence-corrected chi connectivity index (χ3v) is 1.97. The smallest absolute Gasteiger partial charge is 0.406 e. The van der Waals surface area contributed by atoms with Crippen LogP contribution < -0.4 is 10.5 Å². The van der Waals surface area contributed by atoms with Crippen LogP contribution in [0.4, 0.5) is 26.3 Å². The number of benzene rings is 1. The Morgan fingerprint density at radius 3 is 2.16 bits per heavy atom. The Bertz CT molecular complexity index is 406. The topological polar surface area (TPSA) is 35.2 Å². The second-order valence-electron chi connectivity index (χ2n) is 3.55. The van der Waals surface area contributed by atoms with Crippen LogP contribution in [0, 0.1) is 0 Å². The van der Waals surface area contributed by atoms with Crippen molar-refractivity contribution in [1.29, 1.82) is 0 Å². The highest BCUT2D eigenvalue weighted by Crippen LogP contribution is 2.30. The molecule has 1 rings (SSSR count). The van der Waals surface area contributed by atoms with E-state index in [-0.39, 0.29) is 18.0 Å². The second-order valence-corrected chi connectivity index (χ2v) is 3.55. The number of alkyl halides is 6. The molecule has 110 valence electrons. The zero-order valence-electron chi connectivity index (χ0n) is 9.26. The van der Waals surface area contributed by atoms with Crippen LogP contribution in [-0.2, 0) is 0 Å². The molecule has 1 atom stereocenters. The Morgan fingerprint density at radius 2 is 1.68 bits per heavy atom. The van der Waals surface area contributed by atoms with Gasteiger partial charge in [-0.15, -0.1) is 25.6 Å². The Labute approximate surface area is 110 Å². The lowest BCUT2D eigenvalue weighted by atomic mass is 10.0. The van der Waals surface area contributed by atoms with Crippen LogP contribution in [0.1, 0.15) is 18.0 Å². The van der Waals surface area contributed by atoms with E-state index < -0.39 is 30.8 Å². The van der Waals surface area contributed by atoms with Crippen molar-refractivity contribution < 1.29 is 31.1 Å². The third-order valence-electron chi connectivity index (χ3n) is 1.97. The van der Waals surface area contributed by atoms with Gasteiger partial charge in [0.2, 0.25) is 0 Å². The Kier molecular flexibility index (Phi) is 5.95. The Morgan fingerprint density at radius 1 is 1.11 bits per heavy atom. The number of hydrogen-bond donors (Lipinski definition) is 1. The third kappa shape index (κ3) is 7.12. The van der Waals surface area contributed by atoms with Crippen LogP contribution >= 0.6 is 12.4 Å². The highest BCUT2D eigenvalue weighted by molar-refractivity contribution is 5.85. The SMILES string of the molecule is Cl.N[C@@H](CC(F)(F)F)c1cccc(OC(F)(F)F)c1. The van der Waals surface area contributed by atoms with Crippen LogP contribution in [0.3, 0.4) is 0 Å². The van der Waals surface area contributed by atoms with E-state index in [0.29, 0.717) is 0 Å². The molecule has 0 aliphatic rings. The number of nitrogens with two attached hydrogens (primary N) is 1. The van der Waals surface area contributed by atoms with Crippen molar-refractivity contribution in [2.24, 2.45) is 5.73 Å². The first-order valence-corrected chi connectivity index (χ1v) is 4.75. The molecule has 1 aromatic rings. The molecule has 0 saturated heterocycles. The van der Waals surface area contributed by atoms with E-state index in [1.165, 1.54) is 6.07 Å². The van der Waals surface area contributed by atoms with E-state index >= 15 is 0 Å². The molecule has 0 aliphatic carbocycles. The molecule has 0 fully saturated rings. The van der Waals surface area contributed by atoms with E-state index in [0.717, 1.165) is 18.2 Å². The predicted molar refractivity (Wildman–Crippen MR) is 58.0 cm³/mol. The van der Waals surface area contributed by atoms with E-state index in [1.807, 2.05) is 0 Å². The summed E-state index contributed by atoms with van der Waals surface area (Å²) in [5, 5.41) is 0. The number of rotatable bonds is 3. The van der Waals surface area contributed by atoms with Crippen molar-refractivity contribution in [3.05, 3.63) is 29.8 Å². The second kappa shape index (κ2) is 6.33. The Balaban J connectivity index is 0.00000324. The molecule has 0 amide bonds. The van der Waals surface area contributed by atoms with Gasteiger partial charge in [0.1, 0.15) is 5.75 Å². The first-order chi connectivity index (χ1) is 8.07. The number of halogens is 7. The van der Waals surface area contributed by atoms with Crippen molar-refractivity contribution in [3.8, 4) is 5.75 Å². The van der Waals surface area contributed by atoms with Crippen molar-refractivity contribution in [3.63, 3.8) is 0 Å². The zero-order chi connectivity index (χ0) is 14.0. The quantitative estimate of drug-likeness (QED) is 0.858. The standard InChI is InChI=1S/C10H9F6NO.ClH/c11-9(12,13)5-8(17)6-2-1-3-7(4-6)18-10(14,15)16;/h1-4,8H,5,17H2;1H/t8-;/m0./s1. The van der Waals surface area contributed by atoms with E-state index in [9.17, 15) is 26.3 Å². The molecule has 9 heteroatoms. The lowest BCUT2D eigenvalue weighted by Crippen LogP contribution is -2.21. The molecule has 2 N–H and O–H groups in total. The largest absolute Gasteiger partial charge is 0.573 e. The first kappa shape index (κ1) is 17.8. The highest BCUT2D eigenvalue weighted by Gasteiger charge is 2.33. The van der Waals surface area contributed by atoms with Gasteiger partial charge in [-0.05, 0) is 17.7 Å². The molecule has 19 heavy (non-hydrogen) atoms. The average Bonchev–Trinajstić information content (AvgIpc) is 2.12. The van der Waals surface area contributed by atoms with Gasteiger partial charge in [0.15, 0.2) is 0 Å². The summed E-state index contributed by atoms with van der Waals surface area (Å²) >= 11 is 0. The summed E-state index contributed by atoms with van der Waals surface area (Å²) in [5.74, 6) is -0.599. The van der Waals surface area contributed by atoms with Gasteiger partial charge >= 0.3 is 12.5 Å². The van der Waals surface area contributed by atoms with Gasteiger partial charge in [0.25, 0.3) is 0 Å². The van der Waals surface area contributed by atoms with Crippen LogP contribution in [0.5, 0.6) is 5.75 Å². The van der Waals surface area contributed by atoms with E-state index in [4.69, 9.17) is 5.73 Å². The Hall–Kier alpha value is -1.15. The van der Waals surface area contributed by atoms with Crippen molar-refractivity contribution in [2.45, 2.75) is 25.0 Å². The molecule has 0 aromatic heterocycles. The molecule has 0 aliphatic heterocycles. The summed E-state index contributed by atoms with van der Waals surface area (Å²) in [7, 11) is 0. The average molecular weight is 310 g/mol. The minimum absolute atomic E-state index is 0. The molecular formula is C10H10ClF6NO. The van der Waals surface area contributed by atoms with Gasteiger partial charge in [-0.1, -0.05) is 12.1 Å². The molecule has 0 radical (unpaired) electrons. The molecular weight excluding hydrogens is 300 g/mol. The maximum absolute atomic E-state index is 12.1. The molecule has 0 bridgehead atoms. The molecule has 1 aromatic carbocycles. The van der Waals surface area contributed by atoms with E-state index in [2.05, 4.69) is 4.74 Å². The summed E-state index contributed by atoms with van der Waals surface area (Å²) in [6, 6.07) is 2.75. The summed E-state index contributed by atoms with van der Waals surface area (Å²) < 4.78 is 75.5. The fraction of sp³-hybridized carbons (Fsp3) is 0.400. The zero-order valence-corrected chi connectivity index (χ0v) is 10.1. The highest BCUT2D eigenvalue weighted by atomic mass is 35.5. The van der Waals surface area contributed by atoms with Crippen LogP contribution in [0.15, 0.2) is 24.3 Å². The van der Waals surface area contributed by atoms with Crippen molar-refractivity contribution in [2.75, 3.05) is 0 Å². The molecule has 0 unspecified atom stereocenters. The van der Waals surface area contributed by atoms with Gasteiger partial charge in [-0.3, -0.25) is 0 Å². The lowest BCUT2D eigenvalue weighted by molar-refractivity contribution is -0.274. The maximum Gasteiger partial charge on any atom is 0.573 e. The minimum Gasteiger partial charge on any atom is -0.406 e. The molecule has 0 heterocycles. The van der Waals surface area contributed by atoms with Crippen molar-refractivity contribution >= 4 is 12.4 Å². The van der Waals surface area contributed by atoms with Gasteiger partial charge in [0.05, 0.1) is 6.42 Å². The van der Waals surface area contributed by atoms with Gasteiger partial charge in [-0.2, -0.15) is 13.2 Å². The lowest BCUT2D eigenvalue weighted by Gasteiger charge is -2.16. The summed E-state index contributed by atoms with van der Waals surface area (Å²) in [4.78, 5) is 0. The van der Waals surface area contributed by atoms with Gasteiger partial charge in [-0.25, -0.2) is 0 Å². The fourth-order valence-electron chi connectivity index (χ4n) is 1.31. The van der Waals surface area contributed by atoms with Crippen LogP contribution in [0.2, 0.25) is 0 Å². The normalized spacial score (nSPS) is 13.6. The van der Waals surface area contributed by atoms with Crippen LogP contribution in [0.25, 0.3) is 0 Å². The van der Waals surface area contributed by atoms with Gasteiger partial charge in [0, 0.05) is 6.04 Å². The number of ether oxygens (including phenoxy) is 1. The molecule has 0 saturated carbocycles. The van der Waals surface area contributed by atoms with Gasteiger partial charge < -0.3 is 10.5 Å². The fourth-order valence-corrected chi connectivity index (χ4v) is 1.31. The number of hydrogen-bond acceptors (Lipinski definition) is 2. The summed E-state index contributed by atoms with van der Waals surface area (Å²) in [5.41, 5.74) is 5.18. The predicted octanol–water partition coefficient (Wildman–Crippen LogP) is 3.96.